The number of alkyl halides is 1. The second-order valence-electron chi connectivity index (χ2n) is 5.26. The van der Waals surface area contributed by atoms with Gasteiger partial charge in [0.05, 0.1) is 30.6 Å². The van der Waals surface area contributed by atoms with Gasteiger partial charge < -0.3 is 9.47 Å². The predicted octanol–water partition coefficient (Wildman–Crippen LogP) is 4.53. The van der Waals surface area contributed by atoms with Gasteiger partial charge in [-0.3, -0.25) is 0 Å². The molecular formula is C16H22ClNO2. The van der Waals surface area contributed by atoms with Gasteiger partial charge in [-0.15, -0.1) is 11.6 Å². The lowest BCUT2D eigenvalue weighted by Gasteiger charge is -2.17. The highest BCUT2D eigenvalue weighted by molar-refractivity contribution is 6.17. The SMILES string of the molecule is CCOc1cccc(CCl)c1OCCCC(C)(C)C#N. The smallest absolute Gasteiger partial charge is 0.165 e. The number of halogens is 1. The molecule has 0 fully saturated rings. The second kappa shape index (κ2) is 8.01. The van der Waals surface area contributed by atoms with E-state index in [9.17, 15) is 0 Å². The van der Waals surface area contributed by atoms with Crippen molar-refractivity contribution in [3.8, 4) is 17.6 Å². The van der Waals surface area contributed by atoms with E-state index in [1.165, 1.54) is 0 Å². The van der Waals surface area contributed by atoms with Crippen LogP contribution in [0.5, 0.6) is 11.5 Å². The number of hydrogen-bond acceptors (Lipinski definition) is 3. The Morgan fingerprint density at radius 3 is 2.65 bits per heavy atom. The van der Waals surface area contributed by atoms with Crippen molar-refractivity contribution in [2.24, 2.45) is 5.41 Å². The Hall–Kier alpha value is -1.40. The number of hydrogen-bond donors (Lipinski definition) is 0. The van der Waals surface area contributed by atoms with Crippen molar-refractivity contribution < 1.29 is 9.47 Å². The van der Waals surface area contributed by atoms with Crippen molar-refractivity contribution >= 4 is 11.6 Å². The Kier molecular flexibility index (Phi) is 6.67. The third-order valence-corrected chi connectivity index (χ3v) is 3.29. The summed E-state index contributed by atoms with van der Waals surface area (Å²) >= 11 is 5.93. The molecule has 3 nitrogen and oxygen atoms in total. The number of para-hydroxylation sites is 1. The van der Waals surface area contributed by atoms with Crippen molar-refractivity contribution in [1.29, 1.82) is 5.26 Å². The summed E-state index contributed by atoms with van der Waals surface area (Å²) in [5.74, 6) is 1.84. The van der Waals surface area contributed by atoms with Crippen LogP contribution in [-0.4, -0.2) is 13.2 Å². The number of nitrogens with zero attached hydrogens (tertiary/aromatic N) is 1. The lowest BCUT2D eigenvalue weighted by Crippen LogP contribution is -2.10. The van der Waals surface area contributed by atoms with Crippen LogP contribution in [0.1, 0.15) is 39.2 Å². The summed E-state index contributed by atoms with van der Waals surface area (Å²) in [6.45, 7) is 6.95. The van der Waals surface area contributed by atoms with Crippen LogP contribution >= 0.6 is 11.6 Å². The maximum atomic E-state index is 8.98. The maximum absolute atomic E-state index is 8.98. The van der Waals surface area contributed by atoms with E-state index in [1.54, 1.807) is 0 Å². The van der Waals surface area contributed by atoms with Crippen LogP contribution in [0.4, 0.5) is 0 Å². The Morgan fingerprint density at radius 1 is 1.30 bits per heavy atom. The molecule has 4 heteroatoms. The van der Waals surface area contributed by atoms with Gasteiger partial charge in [0, 0.05) is 5.56 Å². The minimum atomic E-state index is -0.307. The molecule has 1 rings (SSSR count). The van der Waals surface area contributed by atoms with Crippen LogP contribution in [0.25, 0.3) is 0 Å². The number of ether oxygens (including phenoxy) is 2. The Balaban J connectivity index is 2.65. The minimum Gasteiger partial charge on any atom is -0.490 e. The quantitative estimate of drug-likeness (QED) is 0.522. The molecule has 110 valence electrons. The second-order valence-corrected chi connectivity index (χ2v) is 5.53. The van der Waals surface area contributed by atoms with E-state index in [-0.39, 0.29) is 5.41 Å². The highest BCUT2D eigenvalue weighted by atomic mass is 35.5. The lowest BCUT2D eigenvalue weighted by atomic mass is 9.90. The fourth-order valence-corrected chi connectivity index (χ4v) is 2.05. The van der Waals surface area contributed by atoms with Crippen LogP contribution in [0.2, 0.25) is 0 Å². The normalized spacial score (nSPS) is 10.9. The van der Waals surface area contributed by atoms with Crippen molar-refractivity contribution in [2.45, 2.75) is 39.5 Å². The first kappa shape index (κ1) is 16.7. The van der Waals surface area contributed by atoms with E-state index in [0.717, 1.165) is 29.9 Å². The Labute approximate surface area is 126 Å². The Bertz CT molecular complexity index is 466. The fraction of sp³-hybridized carbons (Fsp3) is 0.562. The van der Waals surface area contributed by atoms with E-state index in [2.05, 4.69) is 6.07 Å². The molecular weight excluding hydrogens is 274 g/mol. The van der Waals surface area contributed by atoms with Gasteiger partial charge in [-0.25, -0.2) is 0 Å². The fourth-order valence-electron chi connectivity index (χ4n) is 1.84. The zero-order chi connectivity index (χ0) is 15.0. The van der Waals surface area contributed by atoms with Gasteiger partial charge >= 0.3 is 0 Å². The molecule has 0 aliphatic heterocycles. The average molecular weight is 296 g/mol. The first-order valence-corrected chi connectivity index (χ1v) is 7.42. The molecule has 0 saturated heterocycles. The molecule has 0 radical (unpaired) electrons. The molecule has 0 spiro atoms. The van der Waals surface area contributed by atoms with Crippen LogP contribution in [-0.2, 0) is 5.88 Å². The third-order valence-electron chi connectivity index (χ3n) is 3.00. The maximum Gasteiger partial charge on any atom is 0.165 e. The van der Waals surface area contributed by atoms with E-state index >= 15 is 0 Å². The summed E-state index contributed by atoms with van der Waals surface area (Å²) in [5.41, 5.74) is 0.620. The van der Waals surface area contributed by atoms with Gasteiger partial charge in [-0.1, -0.05) is 12.1 Å². The molecule has 0 aromatic heterocycles. The largest absolute Gasteiger partial charge is 0.490 e. The molecule has 0 unspecified atom stereocenters. The Morgan fingerprint density at radius 2 is 2.05 bits per heavy atom. The molecule has 0 amide bonds. The van der Waals surface area contributed by atoms with Gasteiger partial charge in [0.25, 0.3) is 0 Å². The topological polar surface area (TPSA) is 42.2 Å². The molecule has 0 atom stereocenters. The van der Waals surface area contributed by atoms with Crippen LogP contribution in [0.15, 0.2) is 18.2 Å². The number of benzene rings is 1. The number of rotatable bonds is 8. The van der Waals surface area contributed by atoms with Gasteiger partial charge in [-0.05, 0) is 39.7 Å². The van der Waals surface area contributed by atoms with Crippen molar-refractivity contribution in [3.05, 3.63) is 23.8 Å². The first-order chi connectivity index (χ1) is 9.54. The summed E-state index contributed by atoms with van der Waals surface area (Å²) < 4.78 is 11.4. The molecule has 0 saturated carbocycles. The van der Waals surface area contributed by atoms with Crippen molar-refractivity contribution in [3.63, 3.8) is 0 Å². The molecule has 20 heavy (non-hydrogen) atoms. The molecule has 0 aliphatic rings. The van der Waals surface area contributed by atoms with E-state index in [0.29, 0.717) is 19.1 Å². The monoisotopic (exact) mass is 295 g/mol. The average Bonchev–Trinajstić information content (AvgIpc) is 2.45. The summed E-state index contributed by atoms with van der Waals surface area (Å²) in [6.07, 6.45) is 1.62. The highest BCUT2D eigenvalue weighted by Crippen LogP contribution is 2.33. The van der Waals surface area contributed by atoms with Crippen molar-refractivity contribution in [2.75, 3.05) is 13.2 Å². The van der Waals surface area contributed by atoms with Crippen LogP contribution < -0.4 is 9.47 Å². The van der Waals surface area contributed by atoms with Gasteiger partial charge in [0.1, 0.15) is 0 Å². The molecule has 1 aromatic carbocycles. The zero-order valence-corrected chi connectivity index (χ0v) is 13.2. The van der Waals surface area contributed by atoms with E-state index in [4.69, 9.17) is 26.3 Å². The highest BCUT2D eigenvalue weighted by Gasteiger charge is 2.16. The zero-order valence-electron chi connectivity index (χ0n) is 12.4. The molecule has 1 aromatic rings. The molecule has 0 aliphatic carbocycles. The van der Waals surface area contributed by atoms with Gasteiger partial charge in [0.2, 0.25) is 0 Å². The molecule has 0 bridgehead atoms. The summed E-state index contributed by atoms with van der Waals surface area (Å²) in [5, 5.41) is 8.98. The first-order valence-electron chi connectivity index (χ1n) is 6.88. The van der Waals surface area contributed by atoms with Crippen LogP contribution in [0.3, 0.4) is 0 Å². The van der Waals surface area contributed by atoms with Crippen molar-refractivity contribution in [1.82, 2.24) is 0 Å². The standard InChI is InChI=1S/C16H22ClNO2/c1-4-19-14-8-5-7-13(11-17)15(14)20-10-6-9-16(2,3)12-18/h5,7-8H,4,6,9-11H2,1-3H3. The lowest BCUT2D eigenvalue weighted by molar-refractivity contribution is 0.258. The van der Waals surface area contributed by atoms with E-state index < -0.39 is 0 Å². The van der Waals surface area contributed by atoms with Gasteiger partial charge in [-0.2, -0.15) is 5.26 Å². The summed E-state index contributed by atoms with van der Waals surface area (Å²) in [7, 11) is 0. The van der Waals surface area contributed by atoms with Gasteiger partial charge in [0.15, 0.2) is 11.5 Å². The molecule has 0 N–H and O–H groups in total. The summed E-state index contributed by atoms with van der Waals surface area (Å²) in [4.78, 5) is 0. The van der Waals surface area contributed by atoms with E-state index in [1.807, 2.05) is 39.0 Å². The predicted molar refractivity (Wildman–Crippen MR) is 81.3 cm³/mol. The molecule has 0 heterocycles. The number of nitriles is 1. The third kappa shape index (κ3) is 4.94. The summed E-state index contributed by atoms with van der Waals surface area (Å²) in [6, 6.07) is 8.02. The minimum absolute atomic E-state index is 0.307. The van der Waals surface area contributed by atoms with Crippen LogP contribution in [0, 0.1) is 16.7 Å².